The lowest BCUT2D eigenvalue weighted by Gasteiger charge is -2.11. The zero-order chi connectivity index (χ0) is 17.3. The molecule has 0 amide bonds. The Hall–Kier alpha value is -2.05. The van der Waals surface area contributed by atoms with Crippen molar-refractivity contribution in [2.75, 3.05) is 0 Å². The number of rotatable bonds is 5. The van der Waals surface area contributed by atoms with Crippen molar-refractivity contribution in [1.82, 2.24) is 14.7 Å². The lowest BCUT2D eigenvalue weighted by Crippen LogP contribution is -2.22. The molecule has 0 saturated carbocycles. The first-order valence-electron chi connectivity index (χ1n) is 7.36. The summed E-state index contributed by atoms with van der Waals surface area (Å²) in [6.07, 6.45) is 1.68. The van der Waals surface area contributed by atoms with Crippen LogP contribution in [0.4, 0.5) is 0 Å². The second-order valence-corrected chi connectivity index (χ2v) is 6.73. The Bertz CT molecular complexity index is 958. The fourth-order valence-electron chi connectivity index (χ4n) is 2.42. The van der Waals surface area contributed by atoms with Gasteiger partial charge in [-0.15, -0.1) is 6.58 Å². The topological polar surface area (TPSA) is 60.9 Å². The molecule has 0 aliphatic rings. The zero-order valence-corrected chi connectivity index (χ0v) is 14.9. The molecule has 0 aliphatic heterocycles. The highest BCUT2D eigenvalue weighted by atomic mass is 35.5. The lowest BCUT2D eigenvalue weighted by molar-refractivity contribution is 0.392. The standard InChI is InChI=1S/C17H16ClN3O2S/c1-4-7-21-16(22)13-8-12(18)5-6-15(13)19-17(21)24-9-14-10(2)20-23-11(14)3/h4-6,8H,1,7,9H2,2-3H3. The number of aromatic nitrogens is 3. The van der Waals surface area contributed by atoms with Gasteiger partial charge in [0, 0.05) is 22.9 Å². The molecule has 7 heteroatoms. The molecule has 2 aromatic heterocycles. The Kier molecular flexibility index (Phi) is 4.78. The summed E-state index contributed by atoms with van der Waals surface area (Å²) in [5, 5.41) is 5.61. The number of halogens is 1. The highest BCUT2D eigenvalue weighted by molar-refractivity contribution is 7.98. The summed E-state index contributed by atoms with van der Waals surface area (Å²) >= 11 is 7.48. The number of allylic oxidation sites excluding steroid dienone is 1. The summed E-state index contributed by atoms with van der Waals surface area (Å²) < 4.78 is 6.79. The molecule has 0 unspecified atom stereocenters. The summed E-state index contributed by atoms with van der Waals surface area (Å²) in [6.45, 7) is 7.89. The maximum Gasteiger partial charge on any atom is 0.262 e. The summed E-state index contributed by atoms with van der Waals surface area (Å²) in [5.74, 6) is 1.41. The molecule has 2 heterocycles. The fraction of sp³-hybridized carbons (Fsp3) is 0.235. The summed E-state index contributed by atoms with van der Waals surface area (Å²) in [6, 6.07) is 5.14. The van der Waals surface area contributed by atoms with E-state index in [9.17, 15) is 4.79 Å². The van der Waals surface area contributed by atoms with E-state index in [4.69, 9.17) is 16.1 Å². The molecule has 3 aromatic rings. The maximum absolute atomic E-state index is 12.8. The van der Waals surface area contributed by atoms with E-state index in [2.05, 4.69) is 16.7 Å². The number of fused-ring (bicyclic) bond motifs is 1. The first-order valence-corrected chi connectivity index (χ1v) is 8.73. The molecule has 1 aromatic carbocycles. The minimum atomic E-state index is -0.122. The summed E-state index contributed by atoms with van der Waals surface area (Å²) in [7, 11) is 0. The first-order chi connectivity index (χ1) is 11.5. The van der Waals surface area contributed by atoms with Crippen molar-refractivity contribution in [2.45, 2.75) is 31.3 Å². The number of hydrogen-bond acceptors (Lipinski definition) is 5. The molecule has 24 heavy (non-hydrogen) atoms. The van der Waals surface area contributed by atoms with Gasteiger partial charge in [0.1, 0.15) is 5.76 Å². The van der Waals surface area contributed by atoms with Crippen molar-refractivity contribution in [3.63, 3.8) is 0 Å². The van der Waals surface area contributed by atoms with Crippen LogP contribution in [0.25, 0.3) is 10.9 Å². The molecule has 0 aliphatic carbocycles. The predicted octanol–water partition coefficient (Wildman–Crippen LogP) is 4.13. The van der Waals surface area contributed by atoms with Crippen LogP contribution in [0.15, 0.2) is 45.3 Å². The first kappa shape index (κ1) is 16.8. The number of benzene rings is 1. The van der Waals surface area contributed by atoms with Gasteiger partial charge in [0.05, 0.1) is 16.6 Å². The van der Waals surface area contributed by atoms with Gasteiger partial charge in [0.15, 0.2) is 5.16 Å². The normalized spacial score (nSPS) is 11.1. The number of nitrogens with zero attached hydrogens (tertiary/aromatic N) is 3. The molecular weight excluding hydrogens is 346 g/mol. The van der Waals surface area contributed by atoms with Gasteiger partial charge in [0.2, 0.25) is 0 Å². The molecular formula is C17H16ClN3O2S. The van der Waals surface area contributed by atoms with Crippen LogP contribution >= 0.6 is 23.4 Å². The van der Waals surface area contributed by atoms with E-state index in [1.54, 1.807) is 28.8 Å². The minimum Gasteiger partial charge on any atom is -0.361 e. The van der Waals surface area contributed by atoms with Crippen molar-refractivity contribution in [3.8, 4) is 0 Å². The monoisotopic (exact) mass is 361 g/mol. The van der Waals surface area contributed by atoms with Crippen LogP contribution in [0.2, 0.25) is 5.02 Å². The SMILES string of the molecule is C=CCn1c(SCc2c(C)noc2C)nc2ccc(Cl)cc2c1=O. The van der Waals surface area contributed by atoms with Crippen LogP contribution in [-0.2, 0) is 12.3 Å². The Balaban J connectivity index is 2.06. The van der Waals surface area contributed by atoms with Gasteiger partial charge < -0.3 is 4.52 Å². The van der Waals surface area contributed by atoms with Crippen molar-refractivity contribution in [3.05, 3.63) is 63.2 Å². The van der Waals surface area contributed by atoms with Crippen LogP contribution in [0, 0.1) is 13.8 Å². The highest BCUT2D eigenvalue weighted by Gasteiger charge is 2.14. The van der Waals surface area contributed by atoms with Crippen molar-refractivity contribution >= 4 is 34.3 Å². The molecule has 0 N–H and O–H groups in total. The third kappa shape index (κ3) is 3.12. The molecule has 0 saturated heterocycles. The van der Waals surface area contributed by atoms with Crippen molar-refractivity contribution in [2.24, 2.45) is 0 Å². The largest absolute Gasteiger partial charge is 0.361 e. The Morgan fingerprint density at radius 1 is 1.42 bits per heavy atom. The minimum absolute atomic E-state index is 0.122. The van der Waals surface area contributed by atoms with Crippen molar-refractivity contribution in [1.29, 1.82) is 0 Å². The summed E-state index contributed by atoms with van der Waals surface area (Å²) in [4.78, 5) is 17.4. The summed E-state index contributed by atoms with van der Waals surface area (Å²) in [5.41, 5.74) is 2.38. The van der Waals surface area contributed by atoms with Crippen LogP contribution < -0.4 is 5.56 Å². The van der Waals surface area contributed by atoms with E-state index in [0.29, 0.717) is 33.4 Å². The van der Waals surface area contributed by atoms with Gasteiger partial charge in [-0.05, 0) is 32.0 Å². The van der Waals surface area contributed by atoms with Crippen LogP contribution in [0.5, 0.6) is 0 Å². The maximum atomic E-state index is 12.8. The van der Waals surface area contributed by atoms with Gasteiger partial charge in [0.25, 0.3) is 5.56 Å². The highest BCUT2D eigenvalue weighted by Crippen LogP contribution is 2.26. The average Bonchev–Trinajstić information content (AvgIpc) is 2.88. The Labute approximate surface area is 148 Å². The van der Waals surface area contributed by atoms with Gasteiger partial charge in [-0.2, -0.15) is 0 Å². The molecule has 124 valence electrons. The van der Waals surface area contributed by atoms with Crippen LogP contribution in [0.1, 0.15) is 17.0 Å². The van der Waals surface area contributed by atoms with E-state index >= 15 is 0 Å². The molecule has 0 radical (unpaired) electrons. The molecule has 3 rings (SSSR count). The van der Waals surface area contributed by atoms with Crippen LogP contribution in [-0.4, -0.2) is 14.7 Å². The third-order valence-corrected chi connectivity index (χ3v) is 4.96. The van der Waals surface area contributed by atoms with Crippen molar-refractivity contribution < 1.29 is 4.52 Å². The predicted molar refractivity (Wildman–Crippen MR) is 96.7 cm³/mol. The van der Waals surface area contributed by atoms with Gasteiger partial charge in [-0.1, -0.05) is 34.6 Å². The molecule has 5 nitrogen and oxygen atoms in total. The number of hydrogen-bond donors (Lipinski definition) is 0. The third-order valence-electron chi connectivity index (χ3n) is 3.72. The Morgan fingerprint density at radius 2 is 2.21 bits per heavy atom. The van der Waals surface area contributed by atoms with E-state index < -0.39 is 0 Å². The molecule has 0 spiro atoms. The van der Waals surface area contributed by atoms with E-state index in [1.807, 2.05) is 13.8 Å². The number of thioether (sulfide) groups is 1. The lowest BCUT2D eigenvalue weighted by atomic mass is 10.2. The zero-order valence-electron chi connectivity index (χ0n) is 13.4. The molecule has 0 atom stereocenters. The van der Waals surface area contributed by atoms with Crippen LogP contribution in [0.3, 0.4) is 0 Å². The van der Waals surface area contributed by atoms with Gasteiger partial charge in [-0.25, -0.2) is 4.98 Å². The Morgan fingerprint density at radius 3 is 2.88 bits per heavy atom. The second kappa shape index (κ2) is 6.83. The van der Waals surface area contributed by atoms with E-state index in [-0.39, 0.29) is 5.56 Å². The second-order valence-electron chi connectivity index (χ2n) is 5.35. The quantitative estimate of drug-likeness (QED) is 0.388. The van der Waals surface area contributed by atoms with Gasteiger partial charge >= 0.3 is 0 Å². The molecule has 0 bridgehead atoms. The van der Waals surface area contributed by atoms with E-state index in [0.717, 1.165) is 17.0 Å². The van der Waals surface area contributed by atoms with E-state index in [1.165, 1.54) is 11.8 Å². The average molecular weight is 362 g/mol. The number of aryl methyl sites for hydroxylation is 2. The smallest absolute Gasteiger partial charge is 0.262 e. The fourth-order valence-corrected chi connectivity index (χ4v) is 3.75. The molecule has 0 fully saturated rings. The van der Waals surface area contributed by atoms with Gasteiger partial charge in [-0.3, -0.25) is 9.36 Å².